The van der Waals surface area contributed by atoms with Gasteiger partial charge in [0.25, 0.3) is 0 Å². The fourth-order valence-electron chi connectivity index (χ4n) is 7.40. The largest absolute Gasteiger partial charge is 0.456 e. The Kier molecular flexibility index (Phi) is 6.81. The predicted molar refractivity (Wildman–Crippen MR) is 212 cm³/mol. The molecule has 0 aliphatic carbocycles. The van der Waals surface area contributed by atoms with Crippen molar-refractivity contribution in [2.75, 3.05) is 4.90 Å². The summed E-state index contributed by atoms with van der Waals surface area (Å²) >= 11 is 0. The molecule has 0 radical (unpaired) electrons. The SMILES string of the molecule is c1ccc(-c2cccc(N(c3ccc(-c4cccc5c4oc4ccccc45)cc3)c3cccc(-c4ccc5oc6ccccc6c5c4)c3)c2)cc1. The van der Waals surface area contributed by atoms with E-state index in [4.69, 9.17) is 8.83 Å². The van der Waals surface area contributed by atoms with Crippen molar-refractivity contribution in [1.29, 1.82) is 0 Å². The maximum atomic E-state index is 6.39. The van der Waals surface area contributed by atoms with Crippen LogP contribution in [0.25, 0.3) is 77.3 Å². The van der Waals surface area contributed by atoms with Crippen molar-refractivity contribution >= 4 is 60.9 Å². The topological polar surface area (TPSA) is 29.5 Å². The standard InChI is InChI=1S/C48H31NO2/c1-2-11-32(12-3-1)34-13-8-15-38(29-34)49(37-26-23-33(24-27-37)40-19-10-20-43-41-17-4-7-22-46(41)51-48(40)43)39-16-9-14-35(30-39)36-25-28-47-44(31-36)42-18-5-6-21-45(42)50-47/h1-31H. The molecule has 0 aliphatic rings. The molecule has 0 fully saturated rings. The highest BCUT2D eigenvalue weighted by Crippen LogP contribution is 2.41. The maximum Gasteiger partial charge on any atom is 0.143 e. The summed E-state index contributed by atoms with van der Waals surface area (Å²) in [6, 6.07) is 66.3. The van der Waals surface area contributed by atoms with Crippen LogP contribution in [0.15, 0.2) is 197 Å². The van der Waals surface area contributed by atoms with Crippen LogP contribution < -0.4 is 4.90 Å². The van der Waals surface area contributed by atoms with Crippen LogP contribution in [0.3, 0.4) is 0 Å². The number of nitrogens with zero attached hydrogens (tertiary/aromatic N) is 1. The number of furan rings is 2. The highest BCUT2D eigenvalue weighted by Gasteiger charge is 2.17. The van der Waals surface area contributed by atoms with E-state index >= 15 is 0 Å². The number of hydrogen-bond donors (Lipinski definition) is 0. The lowest BCUT2D eigenvalue weighted by atomic mass is 10.00. The van der Waals surface area contributed by atoms with Gasteiger partial charge in [0.1, 0.15) is 22.3 Å². The molecule has 0 amide bonds. The zero-order valence-electron chi connectivity index (χ0n) is 27.7. The Morgan fingerprint density at radius 2 is 0.824 bits per heavy atom. The van der Waals surface area contributed by atoms with Crippen molar-refractivity contribution in [1.82, 2.24) is 0 Å². The monoisotopic (exact) mass is 653 g/mol. The van der Waals surface area contributed by atoms with Crippen LogP contribution in [0.1, 0.15) is 0 Å². The molecule has 3 nitrogen and oxygen atoms in total. The third-order valence-corrected chi connectivity index (χ3v) is 9.87. The predicted octanol–water partition coefficient (Wildman–Crippen LogP) is 14.0. The van der Waals surface area contributed by atoms with Gasteiger partial charge in [0.2, 0.25) is 0 Å². The molecule has 240 valence electrons. The van der Waals surface area contributed by atoms with E-state index < -0.39 is 0 Å². The molecule has 2 heterocycles. The van der Waals surface area contributed by atoms with Gasteiger partial charge in [-0.3, -0.25) is 0 Å². The van der Waals surface area contributed by atoms with Crippen LogP contribution >= 0.6 is 0 Å². The van der Waals surface area contributed by atoms with Gasteiger partial charge in [0.05, 0.1) is 0 Å². The third kappa shape index (κ3) is 5.06. The third-order valence-electron chi connectivity index (χ3n) is 9.87. The van der Waals surface area contributed by atoms with Crippen LogP contribution in [0.4, 0.5) is 17.1 Å². The molecule has 0 bridgehead atoms. The summed E-state index contributed by atoms with van der Waals surface area (Å²) in [7, 11) is 0. The van der Waals surface area contributed by atoms with Gasteiger partial charge in [-0.05, 0) is 88.5 Å². The molecule has 0 saturated carbocycles. The first-order chi connectivity index (χ1) is 25.3. The van der Waals surface area contributed by atoms with E-state index in [1.54, 1.807) is 0 Å². The lowest BCUT2D eigenvalue weighted by molar-refractivity contribution is 0.669. The number of anilines is 3. The molecule has 8 aromatic carbocycles. The zero-order valence-corrected chi connectivity index (χ0v) is 27.7. The second-order valence-corrected chi connectivity index (χ2v) is 12.9. The van der Waals surface area contributed by atoms with E-state index in [1.165, 1.54) is 11.1 Å². The summed E-state index contributed by atoms with van der Waals surface area (Å²) in [5.41, 5.74) is 13.6. The Balaban J connectivity index is 1.10. The first kappa shape index (κ1) is 29.1. The Bertz CT molecular complexity index is 2860. The summed E-state index contributed by atoms with van der Waals surface area (Å²) in [5.74, 6) is 0. The molecule has 51 heavy (non-hydrogen) atoms. The Hall–Kier alpha value is -6.84. The molecule has 2 aromatic heterocycles. The number of benzene rings is 8. The second-order valence-electron chi connectivity index (χ2n) is 12.9. The molecule has 0 saturated heterocycles. The molecular weight excluding hydrogens is 623 g/mol. The normalized spacial score (nSPS) is 11.5. The lowest BCUT2D eigenvalue weighted by Gasteiger charge is -2.27. The van der Waals surface area contributed by atoms with Crippen molar-refractivity contribution in [2.45, 2.75) is 0 Å². The number of hydrogen-bond acceptors (Lipinski definition) is 3. The Morgan fingerprint density at radius 3 is 1.57 bits per heavy atom. The van der Waals surface area contributed by atoms with Crippen LogP contribution in [0, 0.1) is 0 Å². The summed E-state index contributed by atoms with van der Waals surface area (Å²) in [6.07, 6.45) is 0. The first-order valence-corrected chi connectivity index (χ1v) is 17.2. The molecule has 10 aromatic rings. The highest BCUT2D eigenvalue weighted by atomic mass is 16.3. The van der Waals surface area contributed by atoms with Crippen LogP contribution in [-0.4, -0.2) is 0 Å². The van der Waals surface area contributed by atoms with Crippen molar-refractivity contribution in [2.24, 2.45) is 0 Å². The minimum Gasteiger partial charge on any atom is -0.456 e. The molecule has 0 unspecified atom stereocenters. The van der Waals surface area contributed by atoms with E-state index in [0.717, 1.165) is 83.2 Å². The van der Waals surface area contributed by atoms with Gasteiger partial charge in [-0.2, -0.15) is 0 Å². The van der Waals surface area contributed by atoms with E-state index in [1.807, 2.05) is 24.3 Å². The van der Waals surface area contributed by atoms with E-state index in [0.29, 0.717) is 0 Å². The molecule has 0 atom stereocenters. The van der Waals surface area contributed by atoms with E-state index in [9.17, 15) is 0 Å². The second kappa shape index (κ2) is 11.9. The Morgan fingerprint density at radius 1 is 0.294 bits per heavy atom. The van der Waals surface area contributed by atoms with Crippen molar-refractivity contribution < 1.29 is 8.83 Å². The van der Waals surface area contributed by atoms with Crippen LogP contribution in [-0.2, 0) is 0 Å². The van der Waals surface area contributed by atoms with Gasteiger partial charge in [0, 0.05) is 44.2 Å². The van der Waals surface area contributed by atoms with Gasteiger partial charge in [-0.25, -0.2) is 0 Å². The summed E-state index contributed by atoms with van der Waals surface area (Å²) in [5, 5.41) is 4.51. The van der Waals surface area contributed by atoms with E-state index in [2.05, 4.69) is 169 Å². The van der Waals surface area contributed by atoms with Crippen molar-refractivity contribution in [3.63, 3.8) is 0 Å². The number of rotatable bonds is 6. The highest BCUT2D eigenvalue weighted by molar-refractivity contribution is 6.09. The van der Waals surface area contributed by atoms with E-state index in [-0.39, 0.29) is 0 Å². The van der Waals surface area contributed by atoms with Gasteiger partial charge in [-0.1, -0.05) is 127 Å². The molecule has 10 rings (SSSR count). The fraction of sp³-hybridized carbons (Fsp3) is 0. The Labute approximate surface area is 295 Å². The van der Waals surface area contributed by atoms with Gasteiger partial charge in [-0.15, -0.1) is 0 Å². The molecule has 0 N–H and O–H groups in total. The summed E-state index contributed by atoms with van der Waals surface area (Å²) < 4.78 is 12.5. The fourth-order valence-corrected chi connectivity index (χ4v) is 7.40. The van der Waals surface area contributed by atoms with Crippen LogP contribution in [0.5, 0.6) is 0 Å². The number of para-hydroxylation sites is 3. The molecule has 0 spiro atoms. The number of fused-ring (bicyclic) bond motifs is 6. The lowest BCUT2D eigenvalue weighted by Crippen LogP contribution is -2.10. The van der Waals surface area contributed by atoms with Gasteiger partial charge in [0.15, 0.2) is 0 Å². The molecule has 0 aliphatic heterocycles. The smallest absolute Gasteiger partial charge is 0.143 e. The maximum absolute atomic E-state index is 6.39. The minimum absolute atomic E-state index is 0.897. The summed E-state index contributed by atoms with van der Waals surface area (Å²) in [6.45, 7) is 0. The first-order valence-electron chi connectivity index (χ1n) is 17.2. The average molecular weight is 654 g/mol. The summed E-state index contributed by atoms with van der Waals surface area (Å²) in [4.78, 5) is 2.34. The molecular formula is C48H31NO2. The van der Waals surface area contributed by atoms with Gasteiger partial charge >= 0.3 is 0 Å². The quantitative estimate of drug-likeness (QED) is 0.179. The van der Waals surface area contributed by atoms with Crippen molar-refractivity contribution in [3.8, 4) is 33.4 Å². The minimum atomic E-state index is 0.897. The van der Waals surface area contributed by atoms with Crippen molar-refractivity contribution in [3.05, 3.63) is 188 Å². The van der Waals surface area contributed by atoms with Crippen LogP contribution in [0.2, 0.25) is 0 Å². The molecule has 3 heteroatoms. The average Bonchev–Trinajstić information content (AvgIpc) is 3.77. The van der Waals surface area contributed by atoms with Gasteiger partial charge < -0.3 is 13.7 Å². The zero-order chi connectivity index (χ0) is 33.7.